The Balaban J connectivity index is 1.55. The minimum absolute atomic E-state index is 0.0582. The summed E-state index contributed by atoms with van der Waals surface area (Å²) in [5, 5.41) is 8.63. The van der Waals surface area contributed by atoms with E-state index >= 15 is 0 Å². The fourth-order valence-corrected chi connectivity index (χ4v) is 3.60. The highest BCUT2D eigenvalue weighted by Crippen LogP contribution is 2.35. The zero-order valence-electron chi connectivity index (χ0n) is 16.4. The first kappa shape index (κ1) is 19.3. The van der Waals surface area contributed by atoms with Crippen LogP contribution in [0.4, 0.5) is 11.6 Å². The average Bonchev–Trinajstić information content (AvgIpc) is 3.18. The summed E-state index contributed by atoms with van der Waals surface area (Å²) in [6.07, 6.45) is 6.21. The number of rotatable bonds is 6. The summed E-state index contributed by atoms with van der Waals surface area (Å²) >= 11 is 6.31. The van der Waals surface area contributed by atoms with Gasteiger partial charge in [0.15, 0.2) is 0 Å². The molecule has 0 spiro atoms. The molecule has 2 N–H and O–H groups in total. The van der Waals surface area contributed by atoms with Crippen molar-refractivity contribution in [3.05, 3.63) is 35.8 Å². The van der Waals surface area contributed by atoms with Gasteiger partial charge in [0.2, 0.25) is 17.7 Å². The summed E-state index contributed by atoms with van der Waals surface area (Å²) < 4.78 is 7.85. The van der Waals surface area contributed by atoms with Gasteiger partial charge in [-0.05, 0) is 13.0 Å². The van der Waals surface area contributed by atoms with Gasteiger partial charge < -0.3 is 19.9 Å². The van der Waals surface area contributed by atoms with Crippen LogP contribution in [0.2, 0.25) is 5.02 Å². The van der Waals surface area contributed by atoms with Crippen molar-refractivity contribution in [1.29, 1.82) is 0 Å². The zero-order valence-corrected chi connectivity index (χ0v) is 17.2. The highest BCUT2D eigenvalue weighted by atomic mass is 35.5. The number of carbonyl (C=O) groups excluding carboxylic acids is 1. The van der Waals surface area contributed by atoms with E-state index < -0.39 is 0 Å². The van der Waals surface area contributed by atoms with E-state index in [0.717, 1.165) is 11.4 Å². The number of nitrogens with one attached hydrogen (secondary N) is 2. The predicted octanol–water partition coefficient (Wildman–Crippen LogP) is 2.95. The number of anilines is 2. The molecule has 0 bridgehead atoms. The van der Waals surface area contributed by atoms with Crippen LogP contribution in [0.3, 0.4) is 0 Å². The van der Waals surface area contributed by atoms with Crippen molar-refractivity contribution in [3.63, 3.8) is 0 Å². The predicted molar refractivity (Wildman–Crippen MR) is 111 cm³/mol. The maximum absolute atomic E-state index is 11.8. The second-order valence-corrected chi connectivity index (χ2v) is 7.56. The molecule has 1 amide bonds. The van der Waals surface area contributed by atoms with Crippen molar-refractivity contribution in [2.75, 3.05) is 12.4 Å². The minimum Gasteiger partial charge on any atom is -0.474 e. The quantitative estimate of drug-likeness (QED) is 0.600. The van der Waals surface area contributed by atoms with E-state index in [1.54, 1.807) is 22.8 Å². The molecule has 0 unspecified atom stereocenters. The van der Waals surface area contributed by atoms with Crippen molar-refractivity contribution >= 4 is 40.2 Å². The maximum Gasteiger partial charge on any atom is 0.245 e. The van der Waals surface area contributed by atoms with Crippen LogP contribution in [-0.4, -0.2) is 54.7 Å². The summed E-state index contributed by atoms with van der Waals surface area (Å²) in [4.78, 5) is 25.5. The van der Waals surface area contributed by atoms with Gasteiger partial charge in [-0.1, -0.05) is 18.2 Å². The van der Waals surface area contributed by atoms with Crippen LogP contribution in [-0.2, 0) is 11.8 Å². The minimum atomic E-state index is -0.0927. The van der Waals surface area contributed by atoms with Gasteiger partial charge in [0, 0.05) is 45.4 Å². The van der Waals surface area contributed by atoms with E-state index in [4.69, 9.17) is 16.3 Å². The van der Waals surface area contributed by atoms with Crippen LogP contribution >= 0.6 is 11.6 Å². The SMILES string of the molecule is C=CC(=O)N(C)[C@H]1C[C@H](Oc2nc(Nc3cn(C)nc3C)nc3[nH]cc(Cl)c23)C1. The summed E-state index contributed by atoms with van der Waals surface area (Å²) in [5.41, 5.74) is 2.22. The molecule has 4 rings (SSSR count). The van der Waals surface area contributed by atoms with E-state index in [0.29, 0.717) is 40.7 Å². The normalized spacial score (nSPS) is 18.3. The standard InChI is InChI=1S/C19H22ClN7O2/c1-5-15(28)27(4)11-6-12(7-11)29-18-16-13(20)8-21-17(16)23-19(24-18)22-14-9-26(3)25-10(14)2/h5,8-9,11-12H,1,6-7H2,2-4H3,(H2,21,22,23,24)/t11-,12-. The number of amides is 1. The van der Waals surface area contributed by atoms with Crippen LogP contribution in [0.15, 0.2) is 25.0 Å². The van der Waals surface area contributed by atoms with Gasteiger partial charge >= 0.3 is 0 Å². The molecule has 29 heavy (non-hydrogen) atoms. The lowest BCUT2D eigenvalue weighted by Crippen LogP contribution is -2.49. The molecule has 1 aliphatic carbocycles. The monoisotopic (exact) mass is 415 g/mol. The van der Waals surface area contributed by atoms with Gasteiger partial charge in [0.05, 0.1) is 21.8 Å². The molecule has 0 aromatic carbocycles. The fraction of sp³-hybridized carbons (Fsp3) is 0.368. The fourth-order valence-electron chi connectivity index (χ4n) is 3.38. The largest absolute Gasteiger partial charge is 0.474 e. The number of carbonyl (C=O) groups is 1. The number of aromatic nitrogens is 5. The molecule has 0 aliphatic heterocycles. The van der Waals surface area contributed by atoms with Gasteiger partial charge in [-0.25, -0.2) is 0 Å². The van der Waals surface area contributed by atoms with Gasteiger partial charge in [0.1, 0.15) is 11.8 Å². The molecule has 9 nitrogen and oxygen atoms in total. The molecule has 1 fully saturated rings. The molecule has 0 atom stereocenters. The second kappa shape index (κ2) is 7.40. The lowest BCUT2D eigenvalue weighted by Gasteiger charge is -2.40. The molecule has 1 saturated carbocycles. The van der Waals surface area contributed by atoms with Crippen LogP contribution in [0.1, 0.15) is 18.5 Å². The molecular formula is C19H22ClN7O2. The van der Waals surface area contributed by atoms with Crippen molar-refractivity contribution in [2.24, 2.45) is 7.05 Å². The number of aryl methyl sites for hydroxylation is 2. The first-order valence-corrected chi connectivity index (χ1v) is 9.61. The Bertz CT molecular complexity index is 1080. The zero-order chi connectivity index (χ0) is 20.7. The number of nitrogens with zero attached hydrogens (tertiary/aromatic N) is 5. The van der Waals surface area contributed by atoms with Crippen molar-refractivity contribution < 1.29 is 9.53 Å². The Hall–Kier alpha value is -3.07. The third-order valence-corrected chi connectivity index (χ3v) is 5.43. The van der Waals surface area contributed by atoms with Crippen LogP contribution < -0.4 is 10.1 Å². The third kappa shape index (κ3) is 3.65. The van der Waals surface area contributed by atoms with Crippen LogP contribution in [0.25, 0.3) is 11.0 Å². The summed E-state index contributed by atoms with van der Waals surface area (Å²) in [6, 6.07) is 0.125. The number of hydrogen-bond donors (Lipinski definition) is 2. The summed E-state index contributed by atoms with van der Waals surface area (Å²) in [5.74, 6) is 0.702. The van der Waals surface area contributed by atoms with Crippen molar-refractivity contribution in [1.82, 2.24) is 29.6 Å². The molecule has 0 radical (unpaired) electrons. The number of ether oxygens (including phenoxy) is 1. The lowest BCUT2D eigenvalue weighted by atomic mass is 9.88. The number of aromatic amines is 1. The van der Waals surface area contributed by atoms with E-state index in [9.17, 15) is 4.79 Å². The Morgan fingerprint density at radius 1 is 1.48 bits per heavy atom. The molecular weight excluding hydrogens is 394 g/mol. The van der Waals surface area contributed by atoms with Crippen molar-refractivity contribution in [2.45, 2.75) is 31.9 Å². The van der Waals surface area contributed by atoms with Gasteiger partial charge in [-0.2, -0.15) is 15.1 Å². The average molecular weight is 416 g/mol. The van der Waals surface area contributed by atoms with Crippen LogP contribution in [0, 0.1) is 6.92 Å². The Kier molecular flexibility index (Phi) is 4.91. The Morgan fingerprint density at radius 2 is 2.24 bits per heavy atom. The van der Waals surface area contributed by atoms with E-state index in [1.165, 1.54) is 6.08 Å². The molecule has 152 valence electrons. The van der Waals surface area contributed by atoms with Crippen molar-refractivity contribution in [3.8, 4) is 5.88 Å². The summed E-state index contributed by atoms with van der Waals surface area (Å²) in [6.45, 7) is 5.43. The Labute approximate surface area is 172 Å². The molecule has 3 aromatic heterocycles. The molecule has 3 aromatic rings. The van der Waals surface area contributed by atoms with Gasteiger partial charge in [-0.15, -0.1) is 0 Å². The number of likely N-dealkylation sites (N-methyl/N-ethyl adjacent to an activating group) is 1. The number of halogens is 1. The molecule has 3 heterocycles. The van der Waals surface area contributed by atoms with Crippen LogP contribution in [0.5, 0.6) is 5.88 Å². The first-order valence-electron chi connectivity index (χ1n) is 9.23. The topological polar surface area (TPSA) is 101 Å². The highest BCUT2D eigenvalue weighted by molar-refractivity contribution is 6.35. The lowest BCUT2D eigenvalue weighted by molar-refractivity contribution is -0.130. The van der Waals surface area contributed by atoms with E-state index in [2.05, 4.69) is 31.9 Å². The maximum atomic E-state index is 11.8. The molecule has 10 heteroatoms. The molecule has 0 saturated heterocycles. The third-order valence-electron chi connectivity index (χ3n) is 5.13. The van der Waals surface area contributed by atoms with Gasteiger partial charge in [0.25, 0.3) is 0 Å². The number of hydrogen-bond acceptors (Lipinski definition) is 6. The highest BCUT2D eigenvalue weighted by Gasteiger charge is 2.36. The van der Waals surface area contributed by atoms with E-state index in [-0.39, 0.29) is 18.1 Å². The number of fused-ring (bicyclic) bond motifs is 1. The smallest absolute Gasteiger partial charge is 0.245 e. The van der Waals surface area contributed by atoms with E-state index in [1.807, 2.05) is 20.2 Å². The summed E-state index contributed by atoms with van der Waals surface area (Å²) in [7, 11) is 3.62. The van der Waals surface area contributed by atoms with Gasteiger partial charge in [-0.3, -0.25) is 9.48 Å². The second-order valence-electron chi connectivity index (χ2n) is 7.16. The first-order chi connectivity index (χ1) is 13.9. The Morgan fingerprint density at radius 3 is 2.90 bits per heavy atom. The molecule has 1 aliphatic rings. The number of H-pyrrole nitrogens is 1.